The van der Waals surface area contributed by atoms with Crippen molar-refractivity contribution in [3.05, 3.63) is 65.3 Å². The first-order valence-electron chi connectivity index (χ1n) is 10.0. The molecule has 0 saturated carbocycles. The molecule has 1 N–H and O–H groups in total. The number of halogens is 1. The Labute approximate surface area is 185 Å². The highest BCUT2D eigenvalue weighted by molar-refractivity contribution is 6.30. The number of rotatable bonds is 6. The molecule has 1 aliphatic rings. The van der Waals surface area contributed by atoms with E-state index in [1.54, 1.807) is 29.2 Å². The number of hydrogen-bond acceptors (Lipinski definition) is 7. The Kier molecular flexibility index (Phi) is 6.47. The molecule has 1 aromatic carbocycles. The van der Waals surface area contributed by atoms with Crippen molar-refractivity contribution < 1.29 is 9.53 Å². The number of nitrogens with zero attached hydrogens (tertiary/aromatic N) is 5. The summed E-state index contributed by atoms with van der Waals surface area (Å²) in [5.41, 5.74) is 0.931. The molecule has 0 unspecified atom stereocenters. The Morgan fingerprint density at radius 1 is 1.00 bits per heavy atom. The molecule has 0 radical (unpaired) electrons. The van der Waals surface area contributed by atoms with Crippen molar-refractivity contribution in [2.24, 2.45) is 0 Å². The van der Waals surface area contributed by atoms with Gasteiger partial charge in [0.1, 0.15) is 11.6 Å². The Balaban J connectivity index is 1.26. The lowest BCUT2D eigenvalue weighted by molar-refractivity contribution is -0.133. The number of carbonyl (C=O) groups is 1. The van der Waals surface area contributed by atoms with E-state index in [-0.39, 0.29) is 12.5 Å². The molecule has 9 heteroatoms. The van der Waals surface area contributed by atoms with E-state index in [1.165, 1.54) is 0 Å². The third-order valence-electron chi connectivity index (χ3n) is 4.93. The van der Waals surface area contributed by atoms with Crippen LogP contribution in [0.5, 0.6) is 5.75 Å². The number of pyridine rings is 1. The van der Waals surface area contributed by atoms with Crippen LogP contribution in [0.3, 0.4) is 0 Å². The highest BCUT2D eigenvalue weighted by Crippen LogP contribution is 2.18. The third-order valence-corrected chi connectivity index (χ3v) is 5.18. The van der Waals surface area contributed by atoms with Gasteiger partial charge in [0.2, 0.25) is 0 Å². The van der Waals surface area contributed by atoms with Crippen molar-refractivity contribution >= 4 is 35.0 Å². The summed E-state index contributed by atoms with van der Waals surface area (Å²) in [5.74, 6) is 2.74. The molecule has 8 nitrogen and oxygen atoms in total. The Bertz CT molecular complexity index is 1020. The lowest BCUT2D eigenvalue weighted by Gasteiger charge is -2.35. The Hall–Kier alpha value is -3.39. The monoisotopic (exact) mass is 438 g/mol. The average molecular weight is 439 g/mol. The molecule has 1 fully saturated rings. The minimum Gasteiger partial charge on any atom is -0.484 e. The molecule has 1 saturated heterocycles. The number of anilines is 3. The predicted octanol–water partition coefficient (Wildman–Crippen LogP) is 3.30. The van der Waals surface area contributed by atoms with Crippen molar-refractivity contribution in [3.63, 3.8) is 0 Å². The number of piperazine rings is 1. The van der Waals surface area contributed by atoms with E-state index in [0.29, 0.717) is 42.8 Å². The normalized spacial score (nSPS) is 13.7. The third kappa shape index (κ3) is 5.61. The Morgan fingerprint density at radius 3 is 2.45 bits per heavy atom. The quantitative estimate of drug-likeness (QED) is 0.632. The molecular formula is C22H23ClN6O2. The van der Waals surface area contributed by atoms with Crippen molar-refractivity contribution in [2.45, 2.75) is 6.92 Å². The zero-order valence-electron chi connectivity index (χ0n) is 17.2. The number of benzene rings is 1. The zero-order valence-corrected chi connectivity index (χ0v) is 17.9. The minimum absolute atomic E-state index is 0.00873. The van der Waals surface area contributed by atoms with Crippen molar-refractivity contribution in [1.29, 1.82) is 0 Å². The van der Waals surface area contributed by atoms with Crippen LogP contribution < -0.4 is 15.0 Å². The first-order chi connectivity index (χ1) is 15.1. The second kappa shape index (κ2) is 9.61. The Morgan fingerprint density at radius 2 is 1.77 bits per heavy atom. The topological polar surface area (TPSA) is 83.5 Å². The van der Waals surface area contributed by atoms with E-state index in [9.17, 15) is 4.79 Å². The maximum Gasteiger partial charge on any atom is 0.260 e. The van der Waals surface area contributed by atoms with Crippen LogP contribution in [-0.2, 0) is 4.79 Å². The number of hydrogen-bond donors (Lipinski definition) is 1. The van der Waals surface area contributed by atoms with Gasteiger partial charge < -0.3 is 19.9 Å². The van der Waals surface area contributed by atoms with E-state index < -0.39 is 0 Å². The fourth-order valence-electron chi connectivity index (χ4n) is 3.26. The number of nitrogens with one attached hydrogen (secondary N) is 1. The molecule has 3 aromatic rings. The summed E-state index contributed by atoms with van der Waals surface area (Å²) in [5, 5.41) is 12.4. The van der Waals surface area contributed by atoms with Crippen LogP contribution in [0.4, 0.5) is 17.5 Å². The lowest BCUT2D eigenvalue weighted by atomic mass is 10.3. The largest absolute Gasteiger partial charge is 0.484 e. The van der Waals surface area contributed by atoms with E-state index in [4.69, 9.17) is 16.3 Å². The van der Waals surface area contributed by atoms with E-state index in [1.807, 2.05) is 37.3 Å². The van der Waals surface area contributed by atoms with Crippen LogP contribution in [-0.4, -0.2) is 58.8 Å². The van der Waals surface area contributed by atoms with Crippen LogP contribution in [0.15, 0.2) is 54.6 Å². The molecule has 4 rings (SSSR count). The fraction of sp³-hybridized carbons (Fsp3) is 0.273. The van der Waals surface area contributed by atoms with Gasteiger partial charge in [-0.25, -0.2) is 4.98 Å². The van der Waals surface area contributed by atoms with Crippen LogP contribution in [0.25, 0.3) is 0 Å². The molecule has 0 spiro atoms. The van der Waals surface area contributed by atoms with E-state index in [2.05, 4.69) is 25.4 Å². The molecule has 0 bridgehead atoms. The predicted molar refractivity (Wildman–Crippen MR) is 120 cm³/mol. The van der Waals surface area contributed by atoms with Crippen LogP contribution in [0.2, 0.25) is 5.02 Å². The number of carbonyl (C=O) groups excluding carboxylic acids is 1. The highest BCUT2D eigenvalue weighted by atomic mass is 35.5. The van der Waals surface area contributed by atoms with Gasteiger partial charge in [-0.15, -0.1) is 10.2 Å². The molecule has 0 atom stereocenters. The molecule has 3 heterocycles. The summed E-state index contributed by atoms with van der Waals surface area (Å²) in [4.78, 5) is 20.8. The summed E-state index contributed by atoms with van der Waals surface area (Å²) in [6.45, 7) is 4.54. The second-order valence-corrected chi connectivity index (χ2v) is 7.61. The summed E-state index contributed by atoms with van der Waals surface area (Å²) in [6.07, 6.45) is 0. The van der Waals surface area contributed by atoms with Gasteiger partial charge in [-0.1, -0.05) is 17.7 Å². The smallest absolute Gasteiger partial charge is 0.260 e. The number of amides is 1. The maximum absolute atomic E-state index is 12.4. The van der Waals surface area contributed by atoms with Gasteiger partial charge in [0.15, 0.2) is 18.2 Å². The first kappa shape index (κ1) is 20.9. The molecule has 1 aliphatic heterocycles. The van der Waals surface area contributed by atoms with Crippen molar-refractivity contribution in [1.82, 2.24) is 20.1 Å². The number of ether oxygens (including phenoxy) is 1. The summed E-state index contributed by atoms with van der Waals surface area (Å²) < 4.78 is 5.56. The standard InChI is InChI=1S/C22H23ClN6O2/c1-16-3-2-4-19(24-16)25-20-9-10-21(27-26-20)28-11-13-29(14-12-28)22(30)15-31-18-7-5-17(23)6-8-18/h2-10H,11-15H2,1H3,(H,24,25,26). The van der Waals surface area contributed by atoms with Gasteiger partial charge in [-0.3, -0.25) is 4.79 Å². The SMILES string of the molecule is Cc1cccc(Nc2ccc(N3CCN(C(=O)COc4ccc(Cl)cc4)CC3)nn2)n1. The van der Waals surface area contributed by atoms with Gasteiger partial charge in [-0.2, -0.15) is 0 Å². The summed E-state index contributed by atoms with van der Waals surface area (Å²) >= 11 is 5.86. The molecule has 160 valence electrons. The van der Waals surface area contributed by atoms with Gasteiger partial charge in [0.25, 0.3) is 5.91 Å². The fourth-order valence-corrected chi connectivity index (χ4v) is 3.38. The second-order valence-electron chi connectivity index (χ2n) is 7.18. The molecule has 0 aliphatic carbocycles. The molecule has 2 aromatic heterocycles. The van der Waals surface area contributed by atoms with Crippen molar-refractivity contribution in [3.8, 4) is 5.75 Å². The van der Waals surface area contributed by atoms with Gasteiger partial charge in [0.05, 0.1) is 0 Å². The van der Waals surface area contributed by atoms with Gasteiger partial charge in [-0.05, 0) is 55.5 Å². The maximum atomic E-state index is 12.4. The van der Waals surface area contributed by atoms with Crippen LogP contribution in [0.1, 0.15) is 5.69 Å². The van der Waals surface area contributed by atoms with E-state index in [0.717, 1.165) is 17.3 Å². The lowest BCUT2D eigenvalue weighted by Crippen LogP contribution is -2.50. The number of aryl methyl sites for hydroxylation is 1. The van der Waals surface area contributed by atoms with E-state index >= 15 is 0 Å². The number of aromatic nitrogens is 3. The zero-order chi connectivity index (χ0) is 21.6. The molecule has 1 amide bonds. The van der Waals surface area contributed by atoms with Gasteiger partial charge in [0, 0.05) is 36.9 Å². The summed E-state index contributed by atoms with van der Waals surface area (Å²) in [6, 6.07) is 16.5. The van der Waals surface area contributed by atoms with Crippen molar-refractivity contribution in [2.75, 3.05) is 43.0 Å². The minimum atomic E-state index is -0.0362. The van der Waals surface area contributed by atoms with Crippen LogP contribution in [0, 0.1) is 6.92 Å². The first-order valence-corrected chi connectivity index (χ1v) is 10.4. The van der Waals surface area contributed by atoms with Crippen LogP contribution >= 0.6 is 11.6 Å². The average Bonchev–Trinajstić information content (AvgIpc) is 2.79. The van der Waals surface area contributed by atoms with Gasteiger partial charge >= 0.3 is 0 Å². The highest BCUT2D eigenvalue weighted by Gasteiger charge is 2.22. The summed E-state index contributed by atoms with van der Waals surface area (Å²) in [7, 11) is 0. The molecule has 31 heavy (non-hydrogen) atoms. The molecular weight excluding hydrogens is 416 g/mol.